The van der Waals surface area contributed by atoms with Crippen LogP contribution < -0.4 is 5.32 Å². The SMILES string of the molecule is CCNc1cc(Sc2cnccn2)ncn1. The van der Waals surface area contributed by atoms with Crippen LogP contribution in [0.4, 0.5) is 5.82 Å². The zero-order valence-corrected chi connectivity index (χ0v) is 9.61. The normalized spacial score (nSPS) is 10.1. The molecule has 16 heavy (non-hydrogen) atoms. The van der Waals surface area contributed by atoms with Gasteiger partial charge in [-0.15, -0.1) is 0 Å². The van der Waals surface area contributed by atoms with E-state index in [2.05, 4.69) is 25.3 Å². The molecule has 0 aliphatic rings. The fourth-order valence-electron chi connectivity index (χ4n) is 1.12. The molecule has 0 saturated heterocycles. The highest BCUT2D eigenvalue weighted by molar-refractivity contribution is 7.99. The van der Waals surface area contributed by atoms with Crippen LogP contribution in [0.1, 0.15) is 6.92 Å². The minimum absolute atomic E-state index is 0.823. The number of aromatic nitrogens is 4. The largest absolute Gasteiger partial charge is 0.370 e. The fraction of sp³-hybridized carbons (Fsp3) is 0.200. The molecular weight excluding hydrogens is 222 g/mol. The highest BCUT2D eigenvalue weighted by atomic mass is 32.2. The first-order valence-corrected chi connectivity index (χ1v) is 5.70. The minimum atomic E-state index is 0.823. The summed E-state index contributed by atoms with van der Waals surface area (Å²) < 4.78 is 0. The maximum absolute atomic E-state index is 4.17. The maximum atomic E-state index is 4.17. The predicted molar refractivity (Wildman–Crippen MR) is 62.4 cm³/mol. The van der Waals surface area contributed by atoms with Crippen LogP contribution in [0.5, 0.6) is 0 Å². The lowest BCUT2D eigenvalue weighted by Gasteiger charge is -2.03. The lowest BCUT2D eigenvalue weighted by atomic mass is 10.5. The van der Waals surface area contributed by atoms with Crippen LogP contribution in [0.2, 0.25) is 0 Å². The molecule has 0 spiro atoms. The molecule has 0 bridgehead atoms. The van der Waals surface area contributed by atoms with Gasteiger partial charge in [0.05, 0.1) is 6.20 Å². The number of rotatable bonds is 4. The zero-order chi connectivity index (χ0) is 11.2. The Labute approximate surface area is 97.8 Å². The molecule has 0 atom stereocenters. The molecule has 0 radical (unpaired) electrons. The van der Waals surface area contributed by atoms with Crippen LogP contribution in [0.25, 0.3) is 0 Å². The number of nitrogens with zero attached hydrogens (tertiary/aromatic N) is 4. The molecule has 2 heterocycles. The van der Waals surface area contributed by atoms with Crippen molar-refractivity contribution < 1.29 is 0 Å². The summed E-state index contributed by atoms with van der Waals surface area (Å²) in [4.78, 5) is 16.4. The summed E-state index contributed by atoms with van der Waals surface area (Å²) in [5, 5.41) is 4.81. The van der Waals surface area contributed by atoms with Crippen molar-refractivity contribution in [3.05, 3.63) is 31.0 Å². The van der Waals surface area contributed by atoms with Gasteiger partial charge < -0.3 is 5.32 Å². The van der Waals surface area contributed by atoms with Crippen molar-refractivity contribution in [2.75, 3.05) is 11.9 Å². The molecule has 0 unspecified atom stereocenters. The van der Waals surface area contributed by atoms with Gasteiger partial charge >= 0.3 is 0 Å². The van der Waals surface area contributed by atoms with Gasteiger partial charge in [0, 0.05) is 25.0 Å². The molecule has 1 N–H and O–H groups in total. The first-order valence-electron chi connectivity index (χ1n) is 4.88. The summed E-state index contributed by atoms with van der Waals surface area (Å²) in [5.41, 5.74) is 0. The number of anilines is 1. The molecule has 82 valence electrons. The quantitative estimate of drug-likeness (QED) is 0.813. The van der Waals surface area contributed by atoms with Gasteiger partial charge in [0.15, 0.2) is 0 Å². The van der Waals surface area contributed by atoms with Gasteiger partial charge in [-0.3, -0.25) is 4.98 Å². The van der Waals surface area contributed by atoms with E-state index in [1.807, 2.05) is 13.0 Å². The third-order valence-electron chi connectivity index (χ3n) is 1.75. The van der Waals surface area contributed by atoms with E-state index in [0.29, 0.717) is 0 Å². The summed E-state index contributed by atoms with van der Waals surface area (Å²) in [6.45, 7) is 2.86. The standard InChI is InChI=1S/C10H11N5S/c1-2-12-8-5-9(15-7-14-8)16-10-6-11-3-4-13-10/h3-7H,2H2,1H3,(H,12,14,15). The Morgan fingerprint density at radius 1 is 1.19 bits per heavy atom. The number of nitrogens with one attached hydrogen (secondary N) is 1. The molecular formula is C10H11N5S. The van der Waals surface area contributed by atoms with Crippen molar-refractivity contribution in [1.29, 1.82) is 0 Å². The van der Waals surface area contributed by atoms with Crippen LogP contribution in [0, 0.1) is 0 Å². The minimum Gasteiger partial charge on any atom is -0.370 e. The van der Waals surface area contributed by atoms with Crippen molar-refractivity contribution in [3.63, 3.8) is 0 Å². The second-order valence-corrected chi connectivity index (χ2v) is 3.96. The first kappa shape index (κ1) is 10.8. The van der Waals surface area contributed by atoms with E-state index in [4.69, 9.17) is 0 Å². The monoisotopic (exact) mass is 233 g/mol. The molecule has 2 aromatic rings. The van der Waals surface area contributed by atoms with Gasteiger partial charge in [-0.1, -0.05) is 0 Å². The van der Waals surface area contributed by atoms with E-state index >= 15 is 0 Å². The van der Waals surface area contributed by atoms with E-state index in [9.17, 15) is 0 Å². The topological polar surface area (TPSA) is 63.6 Å². The molecule has 5 nitrogen and oxygen atoms in total. The average molecular weight is 233 g/mol. The highest BCUT2D eigenvalue weighted by Crippen LogP contribution is 2.23. The summed E-state index contributed by atoms with van der Waals surface area (Å²) in [6, 6.07) is 1.89. The van der Waals surface area contributed by atoms with Crippen molar-refractivity contribution in [3.8, 4) is 0 Å². The molecule has 0 aliphatic heterocycles. The zero-order valence-electron chi connectivity index (χ0n) is 8.79. The van der Waals surface area contributed by atoms with Crippen LogP contribution in [-0.4, -0.2) is 26.5 Å². The van der Waals surface area contributed by atoms with Crippen molar-refractivity contribution in [1.82, 2.24) is 19.9 Å². The van der Waals surface area contributed by atoms with Crippen LogP contribution in [0.15, 0.2) is 41.0 Å². The molecule has 0 saturated carbocycles. The predicted octanol–water partition coefficient (Wildman–Crippen LogP) is 1.85. The van der Waals surface area contributed by atoms with E-state index in [0.717, 1.165) is 22.4 Å². The lowest BCUT2D eigenvalue weighted by molar-refractivity contribution is 1.01. The van der Waals surface area contributed by atoms with E-state index in [1.165, 1.54) is 18.1 Å². The Bertz CT molecular complexity index is 448. The molecule has 0 aromatic carbocycles. The Balaban J connectivity index is 2.12. The van der Waals surface area contributed by atoms with Crippen LogP contribution in [-0.2, 0) is 0 Å². The van der Waals surface area contributed by atoms with Crippen molar-refractivity contribution >= 4 is 17.6 Å². The summed E-state index contributed by atoms with van der Waals surface area (Å²) in [7, 11) is 0. The second-order valence-electron chi connectivity index (χ2n) is 2.92. The van der Waals surface area contributed by atoms with E-state index < -0.39 is 0 Å². The third-order valence-corrected chi connectivity index (χ3v) is 2.60. The van der Waals surface area contributed by atoms with Gasteiger partial charge in [0.25, 0.3) is 0 Å². The second kappa shape index (κ2) is 5.41. The fourth-order valence-corrected chi connectivity index (χ4v) is 1.83. The number of hydrogen-bond donors (Lipinski definition) is 1. The van der Waals surface area contributed by atoms with Gasteiger partial charge in [0.2, 0.25) is 0 Å². The summed E-state index contributed by atoms with van der Waals surface area (Å²) in [6.07, 6.45) is 6.55. The van der Waals surface area contributed by atoms with E-state index in [-0.39, 0.29) is 0 Å². The Morgan fingerprint density at radius 3 is 2.88 bits per heavy atom. The summed E-state index contributed by atoms with van der Waals surface area (Å²) >= 11 is 1.46. The van der Waals surface area contributed by atoms with Gasteiger partial charge in [0.1, 0.15) is 22.2 Å². The van der Waals surface area contributed by atoms with Crippen LogP contribution in [0.3, 0.4) is 0 Å². The summed E-state index contributed by atoms with van der Waals surface area (Å²) in [5.74, 6) is 0.823. The first-order chi connectivity index (χ1) is 7.88. The third kappa shape index (κ3) is 2.90. The van der Waals surface area contributed by atoms with Crippen LogP contribution >= 0.6 is 11.8 Å². The maximum Gasteiger partial charge on any atom is 0.130 e. The van der Waals surface area contributed by atoms with Crippen molar-refractivity contribution in [2.24, 2.45) is 0 Å². The Kier molecular flexibility index (Phi) is 3.66. The van der Waals surface area contributed by atoms with Gasteiger partial charge in [-0.05, 0) is 18.7 Å². The molecule has 0 aliphatic carbocycles. The highest BCUT2D eigenvalue weighted by Gasteiger charge is 2.01. The Hall–Kier alpha value is -1.69. The lowest BCUT2D eigenvalue weighted by Crippen LogP contribution is -1.99. The van der Waals surface area contributed by atoms with E-state index in [1.54, 1.807) is 18.6 Å². The molecule has 6 heteroatoms. The Morgan fingerprint density at radius 2 is 2.12 bits per heavy atom. The van der Waals surface area contributed by atoms with Gasteiger partial charge in [-0.25, -0.2) is 15.0 Å². The van der Waals surface area contributed by atoms with Gasteiger partial charge in [-0.2, -0.15) is 0 Å². The van der Waals surface area contributed by atoms with Crippen molar-refractivity contribution in [2.45, 2.75) is 17.0 Å². The average Bonchev–Trinajstić information content (AvgIpc) is 2.31. The molecule has 0 fully saturated rings. The molecule has 2 rings (SSSR count). The molecule has 0 amide bonds. The molecule has 2 aromatic heterocycles. The smallest absolute Gasteiger partial charge is 0.130 e. The number of hydrogen-bond acceptors (Lipinski definition) is 6.